The fourth-order valence-electron chi connectivity index (χ4n) is 3.51. The number of tetrazole rings is 1. The van der Waals surface area contributed by atoms with Gasteiger partial charge in [-0.3, -0.25) is 4.79 Å². The summed E-state index contributed by atoms with van der Waals surface area (Å²) in [6.07, 6.45) is 3.31. The Morgan fingerprint density at radius 2 is 2.21 bits per heavy atom. The van der Waals surface area contributed by atoms with Gasteiger partial charge in [0.05, 0.1) is 11.6 Å². The van der Waals surface area contributed by atoms with E-state index in [1.165, 1.54) is 11.0 Å². The van der Waals surface area contributed by atoms with Crippen molar-refractivity contribution in [2.75, 3.05) is 13.1 Å². The maximum absolute atomic E-state index is 13.1. The number of likely N-dealkylation sites (tertiary alicyclic amines) is 1. The fraction of sp³-hybridized carbons (Fsp3) is 0.263. The quantitative estimate of drug-likeness (QED) is 0.512. The predicted molar refractivity (Wildman–Crippen MR) is 105 cm³/mol. The van der Waals surface area contributed by atoms with Crippen molar-refractivity contribution in [3.05, 3.63) is 58.9 Å². The molecule has 4 aromatic rings. The molecule has 1 saturated heterocycles. The van der Waals surface area contributed by atoms with Gasteiger partial charge in [0.15, 0.2) is 0 Å². The molecular weight excluding hydrogens is 390 g/mol. The van der Waals surface area contributed by atoms with Crippen LogP contribution >= 0.6 is 11.3 Å². The lowest BCUT2D eigenvalue weighted by molar-refractivity contribution is 0.0698. The zero-order chi connectivity index (χ0) is 19.6. The second-order valence-electron chi connectivity index (χ2n) is 6.85. The van der Waals surface area contributed by atoms with Crippen molar-refractivity contribution in [1.29, 1.82) is 0 Å². The highest BCUT2D eigenvalue weighted by molar-refractivity contribution is 7.08. The summed E-state index contributed by atoms with van der Waals surface area (Å²) >= 11 is 1.59. The molecule has 1 aromatic carbocycles. The van der Waals surface area contributed by atoms with Gasteiger partial charge in [0.25, 0.3) is 5.91 Å². The van der Waals surface area contributed by atoms with Crippen LogP contribution in [0, 0.1) is 0 Å². The zero-order valence-electron chi connectivity index (χ0n) is 15.4. The van der Waals surface area contributed by atoms with Gasteiger partial charge in [0.1, 0.15) is 6.33 Å². The largest absolute Gasteiger partial charge is 0.420 e. The van der Waals surface area contributed by atoms with E-state index in [0.717, 1.165) is 24.1 Å². The summed E-state index contributed by atoms with van der Waals surface area (Å²) in [4.78, 5) is 14.9. The van der Waals surface area contributed by atoms with Gasteiger partial charge in [-0.25, -0.2) is 4.68 Å². The van der Waals surface area contributed by atoms with Crippen molar-refractivity contribution in [2.45, 2.75) is 18.8 Å². The number of thiophene rings is 1. The number of hydrogen-bond donors (Lipinski definition) is 0. The summed E-state index contributed by atoms with van der Waals surface area (Å²) in [7, 11) is 0. The molecule has 0 spiro atoms. The Balaban J connectivity index is 1.33. The minimum atomic E-state index is -0.0257. The molecule has 0 bridgehead atoms. The summed E-state index contributed by atoms with van der Waals surface area (Å²) in [6, 6.07) is 9.24. The van der Waals surface area contributed by atoms with Crippen LogP contribution in [0.2, 0.25) is 0 Å². The standard InChI is InChI=1S/C19H17N7O2S/c27-19(13-3-1-5-16(9-13)26-12-20-23-24-26)25-7-2-4-14(10-25)17-21-22-18(28-17)15-6-8-29-11-15/h1,3,5-6,8-9,11-12,14H,2,4,7,10H2/t14-/m0/s1. The van der Waals surface area contributed by atoms with Gasteiger partial charge >= 0.3 is 0 Å². The van der Waals surface area contributed by atoms with E-state index < -0.39 is 0 Å². The number of nitrogens with zero attached hydrogens (tertiary/aromatic N) is 7. The molecule has 1 aliphatic heterocycles. The van der Waals surface area contributed by atoms with Crippen molar-refractivity contribution in [2.24, 2.45) is 0 Å². The van der Waals surface area contributed by atoms with Crippen molar-refractivity contribution in [3.63, 3.8) is 0 Å². The first-order valence-electron chi connectivity index (χ1n) is 9.26. The lowest BCUT2D eigenvalue weighted by atomic mass is 9.97. The molecule has 1 aliphatic rings. The van der Waals surface area contributed by atoms with Crippen LogP contribution < -0.4 is 0 Å². The van der Waals surface area contributed by atoms with Gasteiger partial charge in [-0.2, -0.15) is 11.3 Å². The fourth-order valence-corrected chi connectivity index (χ4v) is 4.14. The monoisotopic (exact) mass is 407 g/mol. The van der Waals surface area contributed by atoms with Gasteiger partial charge in [0, 0.05) is 29.6 Å². The molecule has 1 amide bonds. The number of amides is 1. The van der Waals surface area contributed by atoms with Crippen LogP contribution in [0.25, 0.3) is 17.1 Å². The molecule has 1 fully saturated rings. The van der Waals surface area contributed by atoms with Gasteiger partial charge in [-0.1, -0.05) is 6.07 Å². The predicted octanol–water partition coefficient (Wildman–Crippen LogP) is 2.79. The minimum Gasteiger partial charge on any atom is -0.420 e. The van der Waals surface area contributed by atoms with Crippen LogP contribution in [0.1, 0.15) is 35.0 Å². The number of aromatic nitrogens is 6. The topological polar surface area (TPSA) is 103 Å². The Labute approximate surface area is 170 Å². The second kappa shape index (κ2) is 7.55. The molecular formula is C19H17N7O2S. The van der Waals surface area contributed by atoms with Gasteiger partial charge < -0.3 is 9.32 Å². The number of benzene rings is 1. The van der Waals surface area contributed by atoms with Crippen molar-refractivity contribution in [1.82, 2.24) is 35.3 Å². The molecule has 0 radical (unpaired) electrons. The lowest BCUT2D eigenvalue weighted by Gasteiger charge is -2.31. The van der Waals surface area contributed by atoms with Crippen LogP contribution in [0.15, 0.2) is 51.8 Å². The summed E-state index contributed by atoms with van der Waals surface area (Å²) in [5.74, 6) is 1.13. The van der Waals surface area contributed by atoms with Gasteiger partial charge in [0.2, 0.25) is 11.8 Å². The van der Waals surface area contributed by atoms with E-state index in [0.29, 0.717) is 30.4 Å². The lowest BCUT2D eigenvalue weighted by Crippen LogP contribution is -2.39. The van der Waals surface area contributed by atoms with Crippen LogP contribution in [-0.2, 0) is 0 Å². The zero-order valence-corrected chi connectivity index (χ0v) is 16.2. The van der Waals surface area contributed by atoms with Crippen molar-refractivity contribution >= 4 is 17.2 Å². The number of piperidine rings is 1. The van der Waals surface area contributed by atoms with Crippen LogP contribution in [0.3, 0.4) is 0 Å². The van der Waals surface area contributed by atoms with E-state index in [2.05, 4.69) is 25.7 Å². The van der Waals surface area contributed by atoms with E-state index in [9.17, 15) is 4.79 Å². The van der Waals surface area contributed by atoms with Crippen molar-refractivity contribution in [3.8, 4) is 17.1 Å². The van der Waals surface area contributed by atoms with Gasteiger partial charge in [-0.15, -0.1) is 15.3 Å². The summed E-state index contributed by atoms with van der Waals surface area (Å²) in [5.41, 5.74) is 2.27. The third-order valence-electron chi connectivity index (χ3n) is 4.97. The number of carbonyl (C=O) groups is 1. The highest BCUT2D eigenvalue weighted by Crippen LogP contribution is 2.29. The Kier molecular flexibility index (Phi) is 4.60. The van der Waals surface area contributed by atoms with E-state index in [4.69, 9.17) is 4.42 Å². The Hall–Kier alpha value is -3.40. The molecule has 3 aromatic heterocycles. The number of carbonyl (C=O) groups excluding carboxylic acids is 1. The molecule has 1 atom stereocenters. The Bertz CT molecular complexity index is 1110. The minimum absolute atomic E-state index is 0.0257. The van der Waals surface area contributed by atoms with Crippen molar-refractivity contribution < 1.29 is 9.21 Å². The Morgan fingerprint density at radius 1 is 1.24 bits per heavy atom. The van der Waals surface area contributed by atoms with Gasteiger partial charge in [-0.05, 0) is 52.9 Å². The first-order valence-corrected chi connectivity index (χ1v) is 10.2. The molecule has 29 heavy (non-hydrogen) atoms. The molecule has 9 nitrogen and oxygen atoms in total. The first kappa shape index (κ1) is 17.7. The highest BCUT2D eigenvalue weighted by atomic mass is 32.1. The molecule has 0 N–H and O–H groups in total. The Morgan fingerprint density at radius 3 is 3.03 bits per heavy atom. The van der Waals surface area contributed by atoms with Crippen LogP contribution in [0.5, 0.6) is 0 Å². The maximum Gasteiger partial charge on any atom is 0.253 e. The maximum atomic E-state index is 13.1. The summed E-state index contributed by atoms with van der Waals surface area (Å²) in [5, 5.41) is 23.5. The smallest absolute Gasteiger partial charge is 0.253 e. The molecule has 5 rings (SSSR count). The van der Waals surface area contributed by atoms with Crippen LogP contribution in [-0.4, -0.2) is 54.3 Å². The van der Waals surface area contributed by atoms with E-state index in [1.807, 2.05) is 33.9 Å². The summed E-state index contributed by atoms with van der Waals surface area (Å²) in [6.45, 7) is 1.26. The molecule has 0 saturated carbocycles. The second-order valence-corrected chi connectivity index (χ2v) is 7.63. The highest BCUT2D eigenvalue weighted by Gasteiger charge is 2.29. The molecule has 10 heteroatoms. The first-order chi connectivity index (χ1) is 14.3. The average molecular weight is 407 g/mol. The average Bonchev–Trinajstić information content (AvgIpc) is 3.55. The number of rotatable bonds is 4. The molecule has 0 unspecified atom stereocenters. The third-order valence-corrected chi connectivity index (χ3v) is 5.66. The summed E-state index contributed by atoms with van der Waals surface area (Å²) < 4.78 is 7.42. The molecule has 146 valence electrons. The van der Waals surface area contributed by atoms with E-state index in [-0.39, 0.29) is 11.8 Å². The van der Waals surface area contributed by atoms with Crippen LogP contribution in [0.4, 0.5) is 0 Å². The van der Waals surface area contributed by atoms with E-state index >= 15 is 0 Å². The SMILES string of the molecule is O=C(c1cccc(-n2cnnn2)c1)N1CCC[C@H](c2nnc(-c3ccsc3)o2)C1. The third kappa shape index (κ3) is 3.54. The number of hydrogen-bond acceptors (Lipinski definition) is 8. The van der Waals surface area contributed by atoms with E-state index in [1.54, 1.807) is 23.5 Å². The molecule has 4 heterocycles. The molecule has 0 aliphatic carbocycles. The normalized spacial score (nSPS) is 16.8.